The van der Waals surface area contributed by atoms with Gasteiger partial charge in [0.05, 0.1) is 18.9 Å². The van der Waals surface area contributed by atoms with Gasteiger partial charge in [-0.25, -0.2) is 13.6 Å². The predicted molar refractivity (Wildman–Crippen MR) is 244 cm³/mol. The van der Waals surface area contributed by atoms with Gasteiger partial charge in [-0.05, 0) is 55.0 Å². The molecule has 3 aromatic rings. The summed E-state index contributed by atoms with van der Waals surface area (Å²) in [5, 5.41) is 17.8. The third-order valence-corrected chi connectivity index (χ3v) is 10.9. The standard InChI is InChI=1S/C47H59F2N9O12/c1-27(53-37(61)12-8-13-42(66)70-58-39(63)16-17-40(58)64)45(68)55-33(44(51)67)23-38(62)54-34(22-36(50)60)46(69)52-18-9-19-57(41(65)26-59)43(47(2,3)4)35-20-29(31-21-30(48)14-15-32(31)49)25-56(35)24-28-10-6-5-7-11-28/h5-7,10-11,14-15,20-21,25,27,33-34,43,59H,8-9,12-13,16-19,22-24,26H2,1-4H3,(H2,50,60)(H2,51,67)(H,52,69)(H,53,61)(H,54,62)(H,55,68)/t27-,33-,34-,43-/m0/s1/i/hD. The van der Waals surface area contributed by atoms with Gasteiger partial charge in [-0.3, -0.25) is 43.2 Å². The number of nitrogens with one attached hydrogen (secondary N) is 4. The smallest absolute Gasteiger partial charge is 0.333 e. The van der Waals surface area contributed by atoms with Crippen LogP contribution in [0, 0.1) is 17.0 Å². The van der Waals surface area contributed by atoms with Crippen molar-refractivity contribution in [3.05, 3.63) is 83.7 Å². The molecule has 0 spiro atoms. The lowest BCUT2D eigenvalue weighted by Crippen LogP contribution is -2.54. The van der Waals surface area contributed by atoms with Crippen molar-refractivity contribution in [2.75, 3.05) is 19.7 Å². The monoisotopic (exact) mass is 980 g/mol. The fraction of sp³-hybridized carbons (Fsp3) is 0.447. The Bertz CT molecular complexity index is 2470. The van der Waals surface area contributed by atoms with Crippen LogP contribution in [0.5, 0.6) is 0 Å². The first-order valence-corrected chi connectivity index (χ1v) is 22.3. The van der Waals surface area contributed by atoms with Gasteiger partial charge in [-0.2, -0.15) is 0 Å². The Hall–Kier alpha value is -7.56. The first-order chi connectivity index (χ1) is 33.4. The maximum absolute atomic E-state index is 15.1. The van der Waals surface area contributed by atoms with Crippen molar-refractivity contribution in [3.63, 3.8) is 0 Å². The number of carbonyl (C=O) groups excluding carboxylic acids is 10. The van der Waals surface area contributed by atoms with Crippen LogP contribution >= 0.6 is 0 Å². The summed E-state index contributed by atoms with van der Waals surface area (Å²) >= 11 is 0. The molecule has 70 heavy (non-hydrogen) atoms. The van der Waals surface area contributed by atoms with Crippen molar-refractivity contribution in [1.82, 2.24) is 35.8 Å². The average Bonchev–Trinajstić information content (AvgIpc) is 3.86. The van der Waals surface area contributed by atoms with Gasteiger partial charge >= 0.3 is 5.97 Å². The molecule has 23 heteroatoms. The highest BCUT2D eigenvalue weighted by Gasteiger charge is 2.38. The Morgan fingerprint density at radius 3 is 2.16 bits per heavy atom. The molecule has 1 fully saturated rings. The molecule has 378 valence electrons. The summed E-state index contributed by atoms with van der Waals surface area (Å²) in [6.45, 7) is 5.88. The molecule has 1 saturated heterocycles. The molecule has 1 aliphatic heterocycles. The molecule has 1 aromatic heterocycles. The quantitative estimate of drug-likeness (QED) is 0.0460. The molecule has 1 aliphatic rings. The Morgan fingerprint density at radius 2 is 1.54 bits per heavy atom. The van der Waals surface area contributed by atoms with Gasteiger partial charge < -0.3 is 52.1 Å². The number of hydroxylamine groups is 2. The minimum atomic E-state index is -1.74. The minimum Gasteiger partial charge on any atom is -0.387 e. The fourth-order valence-electron chi connectivity index (χ4n) is 7.58. The number of rotatable bonds is 25. The molecular weight excluding hydrogens is 921 g/mol. The zero-order valence-corrected chi connectivity index (χ0v) is 39.2. The summed E-state index contributed by atoms with van der Waals surface area (Å²) in [5.74, 6) is -10.6. The Kier molecular flexibility index (Phi) is 19.2. The molecule has 4 atom stereocenters. The van der Waals surface area contributed by atoms with Gasteiger partial charge in [-0.1, -0.05) is 51.1 Å². The van der Waals surface area contributed by atoms with Gasteiger partial charge in [0.15, 0.2) is 1.41 Å². The molecule has 9 N–H and O–H groups in total. The van der Waals surface area contributed by atoms with Crippen LogP contribution in [0.2, 0.25) is 1.41 Å². The number of aromatic nitrogens is 1. The number of hydrogen-bond donors (Lipinski definition) is 7. The predicted octanol–water partition coefficient (Wildman–Crippen LogP) is 0.899. The van der Waals surface area contributed by atoms with Crippen LogP contribution < -0.4 is 32.7 Å². The van der Waals surface area contributed by atoms with Crippen LogP contribution in [-0.4, -0.2) is 117 Å². The third-order valence-electron chi connectivity index (χ3n) is 10.9. The number of amides is 9. The van der Waals surface area contributed by atoms with Crippen LogP contribution in [0.4, 0.5) is 8.78 Å². The summed E-state index contributed by atoms with van der Waals surface area (Å²) in [6.07, 6.45) is -1.12. The van der Waals surface area contributed by atoms with Crippen LogP contribution in [0.25, 0.3) is 11.1 Å². The number of aliphatic hydroxyl groups is 1. The summed E-state index contributed by atoms with van der Waals surface area (Å²) in [5.41, 5.74) is 11.8. The number of aliphatic hydroxyl groups excluding tert-OH is 1. The van der Waals surface area contributed by atoms with Gasteiger partial charge in [0.2, 0.25) is 41.4 Å². The van der Waals surface area contributed by atoms with E-state index in [4.69, 9.17) is 17.7 Å². The van der Waals surface area contributed by atoms with E-state index in [0.29, 0.717) is 16.3 Å². The second kappa shape index (κ2) is 25.2. The summed E-state index contributed by atoms with van der Waals surface area (Å²) < 4.78 is 39.5. The highest BCUT2D eigenvalue weighted by Crippen LogP contribution is 2.41. The Labute approximate surface area is 403 Å². The van der Waals surface area contributed by atoms with E-state index in [0.717, 1.165) is 30.7 Å². The maximum atomic E-state index is 15.1. The van der Waals surface area contributed by atoms with E-state index in [1.165, 1.54) is 4.90 Å². The van der Waals surface area contributed by atoms with Gasteiger partial charge in [0, 0.05) is 68.3 Å². The molecule has 0 saturated carbocycles. The number of primary amides is 2. The van der Waals surface area contributed by atoms with E-state index in [9.17, 15) is 57.4 Å². The second-order valence-corrected chi connectivity index (χ2v) is 17.6. The number of halogens is 2. The lowest BCUT2D eigenvalue weighted by molar-refractivity contribution is -0.197. The van der Waals surface area contributed by atoms with E-state index in [1.807, 2.05) is 55.7 Å². The van der Waals surface area contributed by atoms with Gasteiger partial charge in [0.25, 0.3) is 11.8 Å². The van der Waals surface area contributed by atoms with Gasteiger partial charge in [0.1, 0.15) is 36.4 Å². The third kappa shape index (κ3) is 16.0. The highest BCUT2D eigenvalue weighted by atomic mass is 19.1. The van der Waals surface area contributed by atoms with Crippen LogP contribution in [0.1, 0.15) is 96.4 Å². The van der Waals surface area contributed by atoms with Crippen LogP contribution in [-0.2, 0) is 59.3 Å². The van der Waals surface area contributed by atoms with Crippen molar-refractivity contribution in [2.24, 2.45) is 16.9 Å². The zero-order valence-electron chi connectivity index (χ0n) is 40.2. The molecule has 4 rings (SSSR count). The summed E-state index contributed by atoms with van der Waals surface area (Å²) in [7, 11) is 0. The first-order valence-electron chi connectivity index (χ1n) is 22.8. The molecule has 0 unspecified atom stereocenters. The van der Waals surface area contributed by atoms with Crippen LogP contribution in [0.3, 0.4) is 0 Å². The Morgan fingerprint density at radius 1 is 0.871 bits per heavy atom. The largest absolute Gasteiger partial charge is 0.387 e. The van der Waals surface area contributed by atoms with Crippen molar-refractivity contribution in [3.8, 4) is 11.1 Å². The number of hydrogen-bond acceptors (Lipinski definition) is 12. The van der Waals surface area contributed by atoms with Crippen molar-refractivity contribution < 1.29 is 68.1 Å². The summed E-state index contributed by atoms with van der Waals surface area (Å²) in [4.78, 5) is 132. The SMILES string of the molecule is [2H]N(C(=O)CCCC(=O)ON1C(=O)CCC1=O)[C@@H](C)C(=O)N[C@@H](CC(=O)N[C@@H](CC(N)=O)C(=O)NCCCN(C(=O)CO)[C@@H](c1cc(-c2cc(F)ccc2F)cn1Cc1ccccc1)C(C)(C)C)C(N)=O. The molecule has 9 amide bonds. The van der Waals surface area contributed by atoms with E-state index < -0.39 is 133 Å². The van der Waals surface area contributed by atoms with Crippen molar-refractivity contribution in [1.29, 1.82) is 0 Å². The fourth-order valence-corrected chi connectivity index (χ4v) is 7.58. The highest BCUT2D eigenvalue weighted by molar-refractivity contribution is 6.01. The molecule has 2 aromatic carbocycles. The van der Waals surface area contributed by atoms with E-state index in [1.54, 1.807) is 12.3 Å². The number of benzene rings is 2. The number of carbonyl (C=O) groups is 10. The number of nitrogens with zero attached hydrogens (tertiary/aromatic N) is 3. The number of imide groups is 1. The topological polar surface area (TPSA) is 312 Å². The Balaban J connectivity index is 1.39. The first kappa shape index (κ1) is 53.4. The average molecular weight is 981 g/mol. The lowest BCUT2D eigenvalue weighted by atomic mass is 9.83. The van der Waals surface area contributed by atoms with Gasteiger partial charge in [-0.15, -0.1) is 5.06 Å². The molecule has 0 aliphatic carbocycles. The zero-order chi connectivity index (χ0) is 52.7. The number of nitrogens with two attached hydrogens (primary N) is 2. The normalized spacial score (nSPS) is 14.4. The lowest BCUT2D eigenvalue weighted by Gasteiger charge is -2.41. The van der Waals surface area contributed by atoms with Crippen molar-refractivity contribution >= 4 is 59.1 Å². The minimum absolute atomic E-state index is 0.00715. The maximum Gasteiger partial charge on any atom is 0.333 e. The van der Waals surface area contributed by atoms with E-state index in [2.05, 4.69) is 16.0 Å². The van der Waals surface area contributed by atoms with Crippen molar-refractivity contribution in [2.45, 2.75) is 110 Å². The molecular formula is C47H59F2N9O12. The molecule has 21 nitrogen and oxygen atoms in total. The molecule has 2 heterocycles. The van der Waals surface area contributed by atoms with E-state index >= 15 is 4.39 Å². The van der Waals surface area contributed by atoms with Crippen LogP contribution in [0.15, 0.2) is 60.8 Å². The molecule has 0 radical (unpaired) electrons. The molecule has 0 bridgehead atoms. The second-order valence-electron chi connectivity index (χ2n) is 17.6. The summed E-state index contributed by atoms with van der Waals surface area (Å²) in [6, 6.07) is 8.34. The van der Waals surface area contributed by atoms with E-state index in [-0.39, 0.29) is 56.2 Å².